The third-order valence-electron chi connectivity index (χ3n) is 0. The van der Waals surface area contributed by atoms with Gasteiger partial charge in [-0.25, -0.2) is 0 Å². The van der Waals surface area contributed by atoms with Gasteiger partial charge in [0.05, 0.1) is 0 Å². The molecule has 4 heteroatoms. The van der Waals surface area contributed by atoms with Crippen molar-refractivity contribution in [3.8, 4) is 0 Å². The normalized spacial score (nSPS) is 12.0. The van der Waals surface area contributed by atoms with Crippen LogP contribution in [0.2, 0.25) is 0 Å². The Morgan fingerprint density at radius 3 is 1.20 bits per heavy atom. The summed E-state index contributed by atoms with van der Waals surface area (Å²) in [6, 6.07) is 0. The molecule has 0 atom stereocenters. The minimum absolute atomic E-state index is 2.11. The van der Waals surface area contributed by atoms with Crippen LogP contribution >= 0.6 is 25.3 Å². The maximum Gasteiger partial charge on any atom is 0.258 e. The molecule has 32 valence electrons. The Balaban J connectivity index is 3.02. The van der Waals surface area contributed by atoms with Gasteiger partial charge in [0.2, 0.25) is 0 Å². The molecule has 0 spiro atoms. The molecule has 0 aliphatic heterocycles. The molecule has 0 aromatic heterocycles. The van der Waals surface area contributed by atoms with E-state index in [-0.39, 0.29) is 0 Å². The van der Waals surface area contributed by atoms with Gasteiger partial charge in [0.15, 0.2) is 0 Å². The maximum atomic E-state index is 7.80. The quantitative estimate of drug-likeness (QED) is 0.251. The second-order valence-electron chi connectivity index (χ2n) is 0.600. The van der Waals surface area contributed by atoms with Crippen LogP contribution in [0, 0.1) is 0 Å². The van der Waals surface area contributed by atoms with Crippen molar-refractivity contribution in [2.45, 2.75) is 4.45 Å². The number of aliphatic hydroxyl groups is 2. The molecular formula is CH4O2S2. The third-order valence-corrected chi connectivity index (χ3v) is 0. The molecule has 0 saturated carbocycles. The highest BCUT2D eigenvalue weighted by Gasteiger charge is 2.03. The van der Waals surface area contributed by atoms with Gasteiger partial charge in [-0.3, -0.25) is 0 Å². The topological polar surface area (TPSA) is 40.5 Å². The Kier molecular flexibility index (Phi) is 1.55. The first-order chi connectivity index (χ1) is 2.00. The van der Waals surface area contributed by atoms with Gasteiger partial charge in [-0.05, 0) is 0 Å². The number of rotatable bonds is 0. The smallest absolute Gasteiger partial charge is 0.258 e. The molecule has 2 N–H and O–H groups in total. The van der Waals surface area contributed by atoms with Crippen molar-refractivity contribution in [3.05, 3.63) is 0 Å². The highest BCUT2D eigenvalue weighted by atomic mass is 32.2. The van der Waals surface area contributed by atoms with E-state index in [4.69, 9.17) is 10.2 Å². The standard InChI is InChI=1S/CH4O2S2/c2-1(3,4)5/h2-5H. The minimum atomic E-state index is -2.11. The van der Waals surface area contributed by atoms with Crippen LogP contribution in [0.25, 0.3) is 0 Å². The summed E-state index contributed by atoms with van der Waals surface area (Å²) < 4.78 is -2.11. The summed E-state index contributed by atoms with van der Waals surface area (Å²) in [6.07, 6.45) is 0. The molecule has 0 aromatic rings. The summed E-state index contributed by atoms with van der Waals surface area (Å²) in [4.78, 5) is 0. The van der Waals surface area contributed by atoms with Crippen molar-refractivity contribution < 1.29 is 10.2 Å². The van der Waals surface area contributed by atoms with Crippen LogP contribution < -0.4 is 0 Å². The van der Waals surface area contributed by atoms with Gasteiger partial charge in [-0.15, -0.1) is 25.3 Å². The Morgan fingerprint density at radius 2 is 1.20 bits per heavy atom. The zero-order valence-electron chi connectivity index (χ0n) is 2.29. The maximum absolute atomic E-state index is 7.80. The summed E-state index contributed by atoms with van der Waals surface area (Å²) in [6.45, 7) is 0. The fourth-order valence-electron chi connectivity index (χ4n) is 0. The van der Waals surface area contributed by atoms with Crippen LogP contribution in [-0.2, 0) is 0 Å². The van der Waals surface area contributed by atoms with E-state index in [2.05, 4.69) is 25.3 Å². The molecule has 5 heavy (non-hydrogen) atoms. The highest BCUT2D eigenvalue weighted by Crippen LogP contribution is 2.06. The van der Waals surface area contributed by atoms with Crippen molar-refractivity contribution in [2.24, 2.45) is 0 Å². The van der Waals surface area contributed by atoms with Crippen molar-refractivity contribution in [3.63, 3.8) is 0 Å². The lowest BCUT2D eigenvalue weighted by molar-refractivity contribution is 0.0110. The van der Waals surface area contributed by atoms with Gasteiger partial charge in [0, 0.05) is 0 Å². The average molecular weight is 112 g/mol. The first-order valence-corrected chi connectivity index (χ1v) is 1.79. The summed E-state index contributed by atoms with van der Waals surface area (Å²) in [5.41, 5.74) is 0. The molecule has 0 saturated heterocycles. The van der Waals surface area contributed by atoms with Crippen LogP contribution in [0.4, 0.5) is 0 Å². The zero-order chi connectivity index (χ0) is 4.50. The number of hydrogen-bond donors (Lipinski definition) is 4. The number of hydrogen-bond acceptors (Lipinski definition) is 4. The molecule has 0 aliphatic rings. The van der Waals surface area contributed by atoms with Gasteiger partial charge in [0.25, 0.3) is 4.45 Å². The highest BCUT2D eigenvalue weighted by molar-refractivity contribution is 7.99. The first-order valence-electron chi connectivity index (χ1n) is 0.894. The lowest BCUT2D eigenvalue weighted by atomic mass is 11.5. The molecule has 0 fully saturated rings. The predicted molar refractivity (Wildman–Crippen MR) is 25.1 cm³/mol. The molecule has 2 nitrogen and oxygen atoms in total. The van der Waals surface area contributed by atoms with Gasteiger partial charge in [-0.1, -0.05) is 0 Å². The molecule has 0 heterocycles. The van der Waals surface area contributed by atoms with E-state index in [0.29, 0.717) is 0 Å². The van der Waals surface area contributed by atoms with Gasteiger partial charge in [-0.2, -0.15) is 0 Å². The molecule has 0 aliphatic carbocycles. The molecular weight excluding hydrogens is 108 g/mol. The largest absolute Gasteiger partial charge is 0.349 e. The second-order valence-corrected chi connectivity index (χ2v) is 2.20. The Hall–Kier alpha value is 0.620. The second kappa shape index (κ2) is 1.38. The van der Waals surface area contributed by atoms with Crippen molar-refractivity contribution in [1.29, 1.82) is 0 Å². The summed E-state index contributed by atoms with van der Waals surface area (Å²) >= 11 is 6.20. The van der Waals surface area contributed by atoms with E-state index in [1.54, 1.807) is 0 Å². The lowest BCUT2D eigenvalue weighted by Crippen LogP contribution is -2.07. The van der Waals surface area contributed by atoms with E-state index < -0.39 is 4.45 Å². The van der Waals surface area contributed by atoms with Crippen molar-refractivity contribution >= 4 is 25.3 Å². The molecule has 0 rings (SSSR count). The van der Waals surface area contributed by atoms with Gasteiger partial charge < -0.3 is 10.2 Å². The zero-order valence-corrected chi connectivity index (χ0v) is 4.08. The predicted octanol–water partition coefficient (Wildman–Crippen LogP) is -0.558. The van der Waals surface area contributed by atoms with E-state index in [9.17, 15) is 0 Å². The third kappa shape index (κ3) is 82.5. The fourth-order valence-corrected chi connectivity index (χ4v) is 0. The van der Waals surface area contributed by atoms with Crippen molar-refractivity contribution in [2.75, 3.05) is 0 Å². The molecule has 0 amide bonds. The van der Waals surface area contributed by atoms with Crippen molar-refractivity contribution in [1.82, 2.24) is 0 Å². The van der Waals surface area contributed by atoms with E-state index in [1.165, 1.54) is 0 Å². The SMILES string of the molecule is OC(O)(S)S. The molecule has 0 aromatic carbocycles. The van der Waals surface area contributed by atoms with Gasteiger partial charge in [0.1, 0.15) is 0 Å². The molecule has 0 bridgehead atoms. The Bertz CT molecular complexity index is 23.1. The molecule has 0 radical (unpaired) electrons. The van der Waals surface area contributed by atoms with Crippen LogP contribution in [0.5, 0.6) is 0 Å². The van der Waals surface area contributed by atoms with Crippen LogP contribution in [0.3, 0.4) is 0 Å². The van der Waals surface area contributed by atoms with E-state index in [1.807, 2.05) is 0 Å². The molecule has 0 unspecified atom stereocenters. The minimum Gasteiger partial charge on any atom is -0.349 e. The summed E-state index contributed by atoms with van der Waals surface area (Å²) in [5, 5.41) is 15.6. The Labute approximate surface area is 40.6 Å². The lowest BCUT2D eigenvalue weighted by Gasteiger charge is -2.00. The first kappa shape index (κ1) is 5.62. The summed E-state index contributed by atoms with van der Waals surface area (Å²) in [5.74, 6) is 0. The summed E-state index contributed by atoms with van der Waals surface area (Å²) in [7, 11) is 0. The van der Waals surface area contributed by atoms with Crippen LogP contribution in [0.1, 0.15) is 0 Å². The Morgan fingerprint density at radius 1 is 1.20 bits per heavy atom. The van der Waals surface area contributed by atoms with E-state index >= 15 is 0 Å². The monoisotopic (exact) mass is 112 g/mol. The fraction of sp³-hybridized carbons (Fsp3) is 1.00. The average Bonchev–Trinajstić information content (AvgIpc) is 0.722. The van der Waals surface area contributed by atoms with Crippen LogP contribution in [-0.4, -0.2) is 14.7 Å². The number of thiol groups is 2. The van der Waals surface area contributed by atoms with Gasteiger partial charge >= 0.3 is 0 Å². The van der Waals surface area contributed by atoms with E-state index in [0.717, 1.165) is 0 Å². The van der Waals surface area contributed by atoms with Crippen LogP contribution in [0.15, 0.2) is 0 Å².